The van der Waals surface area contributed by atoms with Gasteiger partial charge in [-0.1, -0.05) is 12.1 Å². The summed E-state index contributed by atoms with van der Waals surface area (Å²) < 4.78 is 6.09. The van der Waals surface area contributed by atoms with Crippen LogP contribution in [0.2, 0.25) is 0 Å². The number of hydrogen-bond acceptors (Lipinski definition) is 3. The molecule has 1 unspecified atom stereocenters. The van der Waals surface area contributed by atoms with E-state index in [-0.39, 0.29) is 6.10 Å². The van der Waals surface area contributed by atoms with Gasteiger partial charge < -0.3 is 10.5 Å². The molecule has 0 aliphatic rings. The maximum absolute atomic E-state index is 6.09. The molecule has 1 atom stereocenters. The average molecular weight is 261 g/mol. The summed E-state index contributed by atoms with van der Waals surface area (Å²) in [4.78, 5) is 1.22. The van der Waals surface area contributed by atoms with Crippen LogP contribution in [0.15, 0.2) is 29.6 Å². The fraction of sp³-hybridized carbons (Fsp3) is 0.333. The number of aryl methyl sites for hydroxylation is 3. The van der Waals surface area contributed by atoms with Gasteiger partial charge in [0.1, 0.15) is 11.9 Å². The standard InChI is InChI=1S/C15H19NOS/c1-10-4-5-11(2)13(8-10)17-14(9-16)15-12(3)6-7-18-15/h4-8,14H,9,16H2,1-3H3. The first-order valence-corrected chi connectivity index (χ1v) is 6.97. The highest BCUT2D eigenvalue weighted by Crippen LogP contribution is 2.30. The fourth-order valence-electron chi connectivity index (χ4n) is 1.91. The first kappa shape index (κ1) is 13.1. The van der Waals surface area contributed by atoms with Gasteiger partial charge in [0, 0.05) is 11.4 Å². The van der Waals surface area contributed by atoms with Gasteiger partial charge in [0.25, 0.3) is 0 Å². The molecule has 1 aromatic heterocycles. The maximum atomic E-state index is 6.09. The second-order valence-electron chi connectivity index (χ2n) is 4.58. The molecule has 96 valence electrons. The van der Waals surface area contributed by atoms with Crippen LogP contribution in [-0.4, -0.2) is 6.54 Å². The lowest BCUT2D eigenvalue weighted by Crippen LogP contribution is -2.18. The van der Waals surface area contributed by atoms with Crippen LogP contribution in [0.3, 0.4) is 0 Å². The third kappa shape index (κ3) is 2.74. The molecule has 0 saturated carbocycles. The molecule has 2 N–H and O–H groups in total. The molecular formula is C15H19NOS. The van der Waals surface area contributed by atoms with E-state index in [0.717, 1.165) is 11.3 Å². The topological polar surface area (TPSA) is 35.2 Å². The van der Waals surface area contributed by atoms with E-state index in [1.54, 1.807) is 11.3 Å². The summed E-state index contributed by atoms with van der Waals surface area (Å²) in [5.74, 6) is 0.929. The highest BCUT2D eigenvalue weighted by molar-refractivity contribution is 7.10. The van der Waals surface area contributed by atoms with Crippen LogP contribution in [0.5, 0.6) is 5.75 Å². The highest BCUT2D eigenvalue weighted by Gasteiger charge is 2.16. The summed E-state index contributed by atoms with van der Waals surface area (Å²) in [6.45, 7) is 6.72. The van der Waals surface area contributed by atoms with Crippen LogP contribution in [0.1, 0.15) is 27.7 Å². The van der Waals surface area contributed by atoms with Crippen LogP contribution >= 0.6 is 11.3 Å². The molecule has 0 fully saturated rings. The third-order valence-electron chi connectivity index (χ3n) is 3.02. The Bertz CT molecular complexity index is 533. The molecule has 0 radical (unpaired) electrons. The SMILES string of the molecule is Cc1ccc(C)c(OC(CN)c2sccc2C)c1. The van der Waals surface area contributed by atoms with Gasteiger partial charge in [-0.15, -0.1) is 11.3 Å². The van der Waals surface area contributed by atoms with Gasteiger partial charge in [0.2, 0.25) is 0 Å². The minimum absolute atomic E-state index is 0.0505. The summed E-state index contributed by atoms with van der Waals surface area (Å²) >= 11 is 1.71. The molecule has 3 heteroatoms. The van der Waals surface area contributed by atoms with Crippen LogP contribution in [-0.2, 0) is 0 Å². The van der Waals surface area contributed by atoms with E-state index in [0.29, 0.717) is 6.54 Å². The Morgan fingerprint density at radius 3 is 2.56 bits per heavy atom. The molecule has 18 heavy (non-hydrogen) atoms. The molecule has 0 saturated heterocycles. The average Bonchev–Trinajstić information content (AvgIpc) is 2.77. The first-order valence-electron chi connectivity index (χ1n) is 6.09. The summed E-state index contributed by atoms with van der Waals surface area (Å²) in [5.41, 5.74) is 9.45. The zero-order chi connectivity index (χ0) is 13.1. The Labute approximate surface area is 112 Å². The van der Waals surface area contributed by atoms with Crippen molar-refractivity contribution in [2.75, 3.05) is 6.54 Å². The molecule has 1 heterocycles. The van der Waals surface area contributed by atoms with Crippen molar-refractivity contribution >= 4 is 11.3 Å². The van der Waals surface area contributed by atoms with E-state index < -0.39 is 0 Å². The number of nitrogens with two attached hydrogens (primary N) is 1. The molecule has 0 amide bonds. The van der Waals surface area contributed by atoms with E-state index in [9.17, 15) is 0 Å². The Morgan fingerprint density at radius 1 is 1.17 bits per heavy atom. The fourth-order valence-corrected chi connectivity index (χ4v) is 2.88. The Hall–Kier alpha value is -1.32. The lowest BCUT2D eigenvalue weighted by molar-refractivity contribution is 0.216. The molecule has 0 bridgehead atoms. The van der Waals surface area contributed by atoms with Gasteiger partial charge in [-0.2, -0.15) is 0 Å². The summed E-state index contributed by atoms with van der Waals surface area (Å²) in [6.07, 6.45) is -0.0505. The van der Waals surface area contributed by atoms with Gasteiger partial charge >= 0.3 is 0 Å². The van der Waals surface area contributed by atoms with E-state index in [1.165, 1.54) is 16.0 Å². The second-order valence-corrected chi connectivity index (χ2v) is 5.53. The Balaban J connectivity index is 2.26. The van der Waals surface area contributed by atoms with Crippen molar-refractivity contribution in [2.24, 2.45) is 5.73 Å². The van der Waals surface area contributed by atoms with E-state index in [1.807, 2.05) is 0 Å². The van der Waals surface area contributed by atoms with Crippen molar-refractivity contribution in [3.63, 3.8) is 0 Å². The molecule has 2 aromatic rings. The van der Waals surface area contributed by atoms with E-state index in [2.05, 4.69) is 50.4 Å². The van der Waals surface area contributed by atoms with Gasteiger partial charge in [-0.25, -0.2) is 0 Å². The second kappa shape index (κ2) is 5.55. The van der Waals surface area contributed by atoms with Gasteiger partial charge in [0.15, 0.2) is 0 Å². The molecule has 2 nitrogen and oxygen atoms in total. The quantitative estimate of drug-likeness (QED) is 0.909. The number of ether oxygens (including phenoxy) is 1. The van der Waals surface area contributed by atoms with Crippen molar-refractivity contribution in [1.29, 1.82) is 0 Å². The number of benzene rings is 1. The predicted octanol–water partition coefficient (Wildman–Crippen LogP) is 3.75. The normalized spacial score (nSPS) is 12.4. The van der Waals surface area contributed by atoms with E-state index >= 15 is 0 Å². The largest absolute Gasteiger partial charge is 0.483 e. The van der Waals surface area contributed by atoms with Crippen molar-refractivity contribution in [2.45, 2.75) is 26.9 Å². The number of thiophene rings is 1. The molecule has 0 aliphatic heterocycles. The third-order valence-corrected chi connectivity index (χ3v) is 4.13. The minimum atomic E-state index is -0.0505. The first-order chi connectivity index (χ1) is 8.61. The van der Waals surface area contributed by atoms with Crippen molar-refractivity contribution in [3.05, 3.63) is 51.2 Å². The summed E-state index contributed by atoms with van der Waals surface area (Å²) in [7, 11) is 0. The van der Waals surface area contributed by atoms with Crippen LogP contribution < -0.4 is 10.5 Å². The highest BCUT2D eigenvalue weighted by atomic mass is 32.1. The molecule has 0 aliphatic carbocycles. The number of hydrogen-bond donors (Lipinski definition) is 1. The van der Waals surface area contributed by atoms with Crippen molar-refractivity contribution in [3.8, 4) is 5.75 Å². The molecular weight excluding hydrogens is 242 g/mol. The van der Waals surface area contributed by atoms with E-state index in [4.69, 9.17) is 10.5 Å². The molecule has 0 spiro atoms. The van der Waals surface area contributed by atoms with Crippen molar-refractivity contribution < 1.29 is 4.74 Å². The van der Waals surface area contributed by atoms with Crippen LogP contribution in [0.25, 0.3) is 0 Å². The monoisotopic (exact) mass is 261 g/mol. The maximum Gasteiger partial charge on any atom is 0.145 e. The summed E-state index contributed by atoms with van der Waals surface area (Å²) in [6, 6.07) is 8.35. The Kier molecular flexibility index (Phi) is 4.04. The van der Waals surface area contributed by atoms with Gasteiger partial charge in [0.05, 0.1) is 0 Å². The number of rotatable bonds is 4. The van der Waals surface area contributed by atoms with Crippen LogP contribution in [0.4, 0.5) is 0 Å². The Morgan fingerprint density at radius 2 is 1.94 bits per heavy atom. The zero-order valence-electron chi connectivity index (χ0n) is 11.1. The lowest BCUT2D eigenvalue weighted by atomic mass is 10.1. The lowest BCUT2D eigenvalue weighted by Gasteiger charge is -2.19. The van der Waals surface area contributed by atoms with Crippen molar-refractivity contribution in [1.82, 2.24) is 0 Å². The smallest absolute Gasteiger partial charge is 0.145 e. The minimum Gasteiger partial charge on any atom is -0.483 e. The van der Waals surface area contributed by atoms with Gasteiger partial charge in [-0.05, 0) is 55.0 Å². The molecule has 2 rings (SSSR count). The predicted molar refractivity (Wildman–Crippen MR) is 77.4 cm³/mol. The van der Waals surface area contributed by atoms with Gasteiger partial charge in [-0.3, -0.25) is 0 Å². The zero-order valence-corrected chi connectivity index (χ0v) is 11.9. The summed E-state index contributed by atoms with van der Waals surface area (Å²) in [5, 5.41) is 2.08. The molecule has 1 aromatic carbocycles. The van der Waals surface area contributed by atoms with Crippen LogP contribution in [0, 0.1) is 20.8 Å².